The maximum atomic E-state index is 13.3. The van der Waals surface area contributed by atoms with Crippen molar-refractivity contribution in [3.8, 4) is 5.75 Å². The first-order valence-electron chi connectivity index (χ1n) is 13.4. The second-order valence-corrected chi connectivity index (χ2v) is 10.9. The molecule has 0 bridgehead atoms. The third kappa shape index (κ3) is 4.62. The van der Waals surface area contributed by atoms with Crippen LogP contribution in [0.5, 0.6) is 5.75 Å². The molecule has 2 fully saturated rings. The fourth-order valence-electron chi connectivity index (χ4n) is 6.57. The number of nitrogens with zero attached hydrogens (tertiary/aromatic N) is 3. The van der Waals surface area contributed by atoms with Gasteiger partial charge in [0.05, 0.1) is 18.2 Å². The van der Waals surface area contributed by atoms with Crippen molar-refractivity contribution in [3.05, 3.63) is 64.7 Å². The van der Waals surface area contributed by atoms with Crippen molar-refractivity contribution in [1.29, 1.82) is 0 Å². The van der Waals surface area contributed by atoms with E-state index in [1.54, 1.807) is 23.1 Å². The van der Waals surface area contributed by atoms with Gasteiger partial charge in [0, 0.05) is 44.8 Å². The monoisotopic (exact) mass is 489 g/mol. The molecule has 1 N–H and O–H groups in total. The van der Waals surface area contributed by atoms with E-state index in [4.69, 9.17) is 4.74 Å². The second kappa shape index (κ2) is 9.87. The van der Waals surface area contributed by atoms with Gasteiger partial charge in [0.15, 0.2) is 0 Å². The third-order valence-corrected chi connectivity index (χ3v) is 8.49. The summed E-state index contributed by atoms with van der Waals surface area (Å²) in [5.41, 5.74) is 3.73. The lowest BCUT2D eigenvalue weighted by atomic mass is 10.00. The van der Waals surface area contributed by atoms with Crippen molar-refractivity contribution in [3.63, 3.8) is 0 Å². The van der Waals surface area contributed by atoms with Gasteiger partial charge in [0.2, 0.25) is 0 Å². The zero-order chi connectivity index (χ0) is 24.6. The molecule has 3 unspecified atom stereocenters. The Balaban J connectivity index is 1.09. The van der Waals surface area contributed by atoms with Crippen LogP contribution in [-0.4, -0.2) is 83.6 Å². The molecule has 1 saturated carbocycles. The number of aliphatic hydroxyl groups is 1. The van der Waals surface area contributed by atoms with E-state index in [0.717, 1.165) is 32.6 Å². The minimum Gasteiger partial charge on any atom is -0.491 e. The van der Waals surface area contributed by atoms with E-state index in [2.05, 4.69) is 29.2 Å². The summed E-state index contributed by atoms with van der Waals surface area (Å²) in [6.07, 6.45) is 4.07. The molecule has 4 aliphatic rings. The van der Waals surface area contributed by atoms with E-state index in [0.29, 0.717) is 48.4 Å². The van der Waals surface area contributed by atoms with Crippen molar-refractivity contribution in [2.45, 2.75) is 38.3 Å². The number of fused-ring (bicyclic) bond motifs is 3. The van der Waals surface area contributed by atoms with Crippen molar-refractivity contribution >= 4 is 11.8 Å². The highest BCUT2D eigenvalue weighted by atomic mass is 16.5. The molecule has 3 aliphatic heterocycles. The molecule has 190 valence electrons. The maximum absolute atomic E-state index is 13.3. The molecule has 0 aromatic heterocycles. The summed E-state index contributed by atoms with van der Waals surface area (Å²) in [5, 5.41) is 10.8. The van der Waals surface area contributed by atoms with Gasteiger partial charge in [-0.1, -0.05) is 30.7 Å². The van der Waals surface area contributed by atoms with Gasteiger partial charge < -0.3 is 19.6 Å². The molecule has 36 heavy (non-hydrogen) atoms. The number of benzene rings is 2. The quantitative estimate of drug-likeness (QED) is 0.699. The summed E-state index contributed by atoms with van der Waals surface area (Å²) in [5.74, 6) is 1.64. The number of hydrogen-bond donors (Lipinski definition) is 1. The third-order valence-electron chi connectivity index (χ3n) is 8.49. The molecule has 6 rings (SSSR count). The molecule has 2 aromatic rings. The maximum Gasteiger partial charge on any atom is 0.257 e. The fraction of sp³-hybridized carbons (Fsp3) is 0.517. The number of amides is 2. The van der Waals surface area contributed by atoms with Crippen LogP contribution in [0, 0.1) is 11.8 Å². The van der Waals surface area contributed by atoms with E-state index >= 15 is 0 Å². The Bertz CT molecular complexity index is 1140. The van der Waals surface area contributed by atoms with Gasteiger partial charge in [-0.15, -0.1) is 0 Å². The van der Waals surface area contributed by atoms with Crippen LogP contribution in [0.1, 0.15) is 51.1 Å². The number of likely N-dealkylation sites (tertiary alicyclic amines) is 1. The Morgan fingerprint density at radius 2 is 1.81 bits per heavy atom. The van der Waals surface area contributed by atoms with E-state index < -0.39 is 6.10 Å². The van der Waals surface area contributed by atoms with Gasteiger partial charge in [-0.05, 0) is 60.4 Å². The van der Waals surface area contributed by atoms with Gasteiger partial charge in [-0.3, -0.25) is 14.5 Å². The average Bonchev–Trinajstić information content (AvgIpc) is 3.46. The molecule has 2 amide bonds. The van der Waals surface area contributed by atoms with Gasteiger partial charge in [0.25, 0.3) is 11.8 Å². The molecule has 0 spiro atoms. The largest absolute Gasteiger partial charge is 0.491 e. The number of carbonyl (C=O) groups is 2. The Kier molecular flexibility index (Phi) is 6.44. The topological polar surface area (TPSA) is 73.3 Å². The molecule has 1 saturated heterocycles. The number of hydrogen-bond acceptors (Lipinski definition) is 5. The summed E-state index contributed by atoms with van der Waals surface area (Å²) in [6.45, 7) is 4.95. The lowest BCUT2D eigenvalue weighted by Crippen LogP contribution is -2.44. The van der Waals surface area contributed by atoms with E-state index in [1.165, 1.54) is 30.4 Å². The first-order chi connectivity index (χ1) is 17.5. The van der Waals surface area contributed by atoms with Crippen LogP contribution in [0.15, 0.2) is 42.5 Å². The minimum absolute atomic E-state index is 0.0304. The number of rotatable bonds is 5. The highest BCUT2D eigenvalue weighted by Crippen LogP contribution is 2.38. The summed E-state index contributed by atoms with van der Waals surface area (Å²) in [6, 6.07) is 13.6. The molecule has 3 heterocycles. The molecule has 7 nitrogen and oxygen atoms in total. The first-order valence-corrected chi connectivity index (χ1v) is 13.4. The number of β-amino-alcohol motifs (C(OH)–C–C–N with tert-alkyl or cyclic N) is 1. The molecule has 0 radical (unpaired) electrons. The average molecular weight is 490 g/mol. The minimum atomic E-state index is -0.642. The first kappa shape index (κ1) is 23.5. The zero-order valence-corrected chi connectivity index (χ0v) is 20.8. The van der Waals surface area contributed by atoms with Gasteiger partial charge >= 0.3 is 0 Å². The van der Waals surface area contributed by atoms with E-state index in [9.17, 15) is 14.7 Å². The van der Waals surface area contributed by atoms with Crippen LogP contribution in [0.2, 0.25) is 0 Å². The molecular formula is C29H35N3O4. The van der Waals surface area contributed by atoms with Crippen molar-refractivity contribution in [1.82, 2.24) is 14.7 Å². The summed E-state index contributed by atoms with van der Waals surface area (Å²) in [7, 11) is 0. The van der Waals surface area contributed by atoms with Crippen LogP contribution in [0.3, 0.4) is 0 Å². The second-order valence-electron chi connectivity index (χ2n) is 10.9. The van der Waals surface area contributed by atoms with Crippen LogP contribution < -0.4 is 4.74 Å². The highest BCUT2D eigenvalue weighted by molar-refractivity contribution is 6.00. The Morgan fingerprint density at radius 3 is 2.61 bits per heavy atom. The lowest BCUT2D eigenvalue weighted by Gasteiger charge is -2.32. The van der Waals surface area contributed by atoms with E-state index in [-0.39, 0.29) is 18.4 Å². The predicted octanol–water partition coefficient (Wildman–Crippen LogP) is 2.81. The van der Waals surface area contributed by atoms with Crippen LogP contribution in [0.4, 0.5) is 0 Å². The normalized spacial score (nSPS) is 24.5. The zero-order valence-electron chi connectivity index (χ0n) is 20.8. The Hall–Kier alpha value is -2.90. The summed E-state index contributed by atoms with van der Waals surface area (Å²) >= 11 is 0. The van der Waals surface area contributed by atoms with Crippen LogP contribution in [-0.2, 0) is 13.0 Å². The fourth-order valence-corrected chi connectivity index (χ4v) is 6.57. The molecular weight excluding hydrogens is 454 g/mol. The van der Waals surface area contributed by atoms with E-state index in [1.807, 2.05) is 4.90 Å². The predicted molar refractivity (Wildman–Crippen MR) is 136 cm³/mol. The van der Waals surface area contributed by atoms with Gasteiger partial charge in [-0.2, -0.15) is 0 Å². The SMILES string of the molecule is O=C(c1ccc2c(c1)OCCN(CC(O)CN1CCc3ccccc3C1)C2=O)N1CC2CCCC2C1. The van der Waals surface area contributed by atoms with Crippen molar-refractivity contribution in [2.75, 3.05) is 45.9 Å². The Labute approximate surface area is 212 Å². The number of carbonyl (C=O) groups excluding carboxylic acids is 2. The van der Waals surface area contributed by atoms with Gasteiger partial charge in [0.1, 0.15) is 12.4 Å². The van der Waals surface area contributed by atoms with Gasteiger partial charge in [-0.25, -0.2) is 0 Å². The summed E-state index contributed by atoms with van der Waals surface area (Å²) < 4.78 is 5.92. The molecule has 1 aliphatic carbocycles. The van der Waals surface area contributed by atoms with Crippen LogP contribution >= 0.6 is 0 Å². The lowest BCUT2D eigenvalue weighted by molar-refractivity contribution is 0.0501. The smallest absolute Gasteiger partial charge is 0.257 e. The Morgan fingerprint density at radius 1 is 1.03 bits per heavy atom. The van der Waals surface area contributed by atoms with Crippen molar-refractivity contribution < 1.29 is 19.4 Å². The number of aliphatic hydroxyl groups excluding tert-OH is 1. The molecule has 7 heteroatoms. The number of ether oxygens (including phenoxy) is 1. The molecule has 2 aromatic carbocycles. The highest BCUT2D eigenvalue weighted by Gasteiger charge is 2.38. The molecule has 3 atom stereocenters. The van der Waals surface area contributed by atoms with Crippen LogP contribution in [0.25, 0.3) is 0 Å². The summed E-state index contributed by atoms with van der Waals surface area (Å²) in [4.78, 5) is 32.4. The standard InChI is InChI=1S/C29H35N3O4/c33-25(18-30-11-10-20-4-1-2-5-22(20)15-30)19-31-12-13-36-27-14-21(8-9-26(27)29(31)35)28(34)32-16-23-6-3-7-24(23)17-32/h1-2,4-5,8-9,14,23-25,33H,3,6-7,10-13,15-19H2. The van der Waals surface area contributed by atoms with Crippen molar-refractivity contribution in [2.24, 2.45) is 11.8 Å².